The second-order valence-electron chi connectivity index (χ2n) is 3.22. The van der Waals surface area contributed by atoms with Crippen molar-refractivity contribution < 1.29 is 4.74 Å². The summed E-state index contributed by atoms with van der Waals surface area (Å²) in [4.78, 5) is 19.8. The van der Waals surface area contributed by atoms with Crippen LogP contribution >= 0.6 is 0 Å². The molecule has 1 N–H and O–H groups in total. The highest BCUT2D eigenvalue weighted by molar-refractivity contribution is 5.36. The number of hydrogen-bond acceptors (Lipinski definition) is 4. The van der Waals surface area contributed by atoms with Crippen LogP contribution in [0.15, 0.2) is 17.2 Å². The Morgan fingerprint density at radius 1 is 1.43 bits per heavy atom. The van der Waals surface area contributed by atoms with Crippen LogP contribution < -0.4 is 10.5 Å². The smallest absolute Gasteiger partial charge is 0.252 e. The van der Waals surface area contributed by atoms with Crippen LogP contribution in [0, 0.1) is 0 Å². The molecule has 0 aliphatic carbocycles. The molecule has 14 heavy (non-hydrogen) atoms. The first-order valence-corrected chi connectivity index (χ1v) is 4.74. The lowest BCUT2D eigenvalue weighted by Gasteiger charge is -2.19. The molecule has 1 aromatic rings. The first-order valence-electron chi connectivity index (χ1n) is 4.74. The monoisotopic (exact) mass is 195 g/mol. The Balaban J connectivity index is 2.16. The third-order valence-electron chi connectivity index (χ3n) is 2.21. The van der Waals surface area contributed by atoms with Gasteiger partial charge in [-0.3, -0.25) is 4.79 Å². The number of H-pyrrole nitrogens is 1. The molecule has 0 radical (unpaired) electrons. The van der Waals surface area contributed by atoms with Gasteiger partial charge >= 0.3 is 0 Å². The van der Waals surface area contributed by atoms with E-state index < -0.39 is 0 Å². The summed E-state index contributed by atoms with van der Waals surface area (Å²) in [7, 11) is 0. The van der Waals surface area contributed by atoms with Crippen LogP contribution in [-0.4, -0.2) is 36.3 Å². The molecule has 0 saturated carbocycles. The molecule has 0 bridgehead atoms. The van der Waals surface area contributed by atoms with Gasteiger partial charge in [-0.1, -0.05) is 0 Å². The molecule has 1 aromatic heterocycles. The molecule has 1 aliphatic rings. The van der Waals surface area contributed by atoms with Crippen LogP contribution in [0.25, 0.3) is 0 Å². The van der Waals surface area contributed by atoms with E-state index in [9.17, 15) is 4.79 Å². The topological polar surface area (TPSA) is 58.2 Å². The molecule has 1 aliphatic heterocycles. The molecule has 0 amide bonds. The lowest BCUT2D eigenvalue weighted by atomic mass is 10.4. The van der Waals surface area contributed by atoms with E-state index in [1.165, 1.54) is 12.4 Å². The second-order valence-corrected chi connectivity index (χ2v) is 3.22. The average molecular weight is 195 g/mol. The van der Waals surface area contributed by atoms with Crippen molar-refractivity contribution in [1.29, 1.82) is 0 Å². The number of aromatic amines is 1. The third-order valence-corrected chi connectivity index (χ3v) is 2.21. The Labute approximate surface area is 81.7 Å². The first-order chi connectivity index (χ1) is 6.86. The van der Waals surface area contributed by atoms with Gasteiger partial charge in [0.05, 0.1) is 12.9 Å². The number of nitrogens with zero attached hydrogens (tertiary/aromatic N) is 2. The summed E-state index contributed by atoms with van der Waals surface area (Å²) in [6.45, 7) is 3.20. The van der Waals surface area contributed by atoms with Crippen molar-refractivity contribution in [1.82, 2.24) is 9.97 Å². The predicted molar refractivity (Wildman–Crippen MR) is 52.5 cm³/mol. The minimum Gasteiger partial charge on any atom is -0.380 e. The number of anilines is 1. The molecular weight excluding hydrogens is 182 g/mol. The van der Waals surface area contributed by atoms with Crippen LogP contribution in [0.5, 0.6) is 0 Å². The zero-order chi connectivity index (χ0) is 9.80. The van der Waals surface area contributed by atoms with Crippen LogP contribution in [0.3, 0.4) is 0 Å². The van der Waals surface area contributed by atoms with Gasteiger partial charge in [-0.25, -0.2) is 4.98 Å². The van der Waals surface area contributed by atoms with E-state index in [0.29, 0.717) is 6.61 Å². The van der Waals surface area contributed by atoms with Crippen LogP contribution in [0.4, 0.5) is 5.82 Å². The largest absolute Gasteiger partial charge is 0.380 e. The lowest BCUT2D eigenvalue weighted by Crippen LogP contribution is -2.28. The molecule has 2 heterocycles. The fraction of sp³-hybridized carbons (Fsp3) is 0.556. The maximum Gasteiger partial charge on any atom is 0.252 e. The number of nitrogens with one attached hydrogen (secondary N) is 1. The van der Waals surface area contributed by atoms with Crippen molar-refractivity contribution in [3.05, 3.63) is 22.7 Å². The molecule has 5 nitrogen and oxygen atoms in total. The highest BCUT2D eigenvalue weighted by atomic mass is 16.5. The van der Waals surface area contributed by atoms with Crippen molar-refractivity contribution in [2.45, 2.75) is 6.42 Å². The zero-order valence-corrected chi connectivity index (χ0v) is 7.90. The third kappa shape index (κ3) is 2.11. The molecule has 1 saturated heterocycles. The van der Waals surface area contributed by atoms with Gasteiger partial charge in [0.15, 0.2) is 0 Å². The molecule has 0 spiro atoms. The van der Waals surface area contributed by atoms with E-state index in [1.54, 1.807) is 0 Å². The molecule has 1 fully saturated rings. The number of rotatable bonds is 1. The quantitative estimate of drug-likeness (QED) is 0.685. The SMILES string of the molecule is O=c1cc(N2CCCOCC2)nc[nH]1. The summed E-state index contributed by atoms with van der Waals surface area (Å²) in [5, 5.41) is 0. The van der Waals surface area contributed by atoms with E-state index in [1.807, 2.05) is 0 Å². The van der Waals surface area contributed by atoms with Crippen LogP contribution in [0.2, 0.25) is 0 Å². The van der Waals surface area contributed by atoms with Gasteiger partial charge in [-0.05, 0) is 6.42 Å². The first kappa shape index (κ1) is 9.21. The van der Waals surface area contributed by atoms with Crippen molar-refractivity contribution in [3.8, 4) is 0 Å². The van der Waals surface area contributed by atoms with Crippen LogP contribution in [-0.2, 0) is 4.74 Å². The summed E-state index contributed by atoms with van der Waals surface area (Å²) in [6.07, 6.45) is 2.41. The highest BCUT2D eigenvalue weighted by Crippen LogP contribution is 2.08. The fourth-order valence-electron chi connectivity index (χ4n) is 1.51. The van der Waals surface area contributed by atoms with Gasteiger partial charge in [0.25, 0.3) is 5.56 Å². The van der Waals surface area contributed by atoms with E-state index in [2.05, 4.69) is 14.9 Å². The summed E-state index contributed by atoms with van der Waals surface area (Å²) in [5.74, 6) is 0.735. The van der Waals surface area contributed by atoms with Crippen molar-refractivity contribution in [2.24, 2.45) is 0 Å². The Morgan fingerprint density at radius 3 is 3.21 bits per heavy atom. The summed E-state index contributed by atoms with van der Waals surface area (Å²) in [5.41, 5.74) is -0.111. The Hall–Kier alpha value is -1.36. The Kier molecular flexibility index (Phi) is 2.78. The van der Waals surface area contributed by atoms with E-state index in [0.717, 1.165) is 31.9 Å². The maximum atomic E-state index is 11.1. The summed E-state index contributed by atoms with van der Waals surface area (Å²) in [6, 6.07) is 1.52. The summed E-state index contributed by atoms with van der Waals surface area (Å²) < 4.78 is 5.32. The number of hydrogen-bond donors (Lipinski definition) is 1. The standard InChI is InChI=1S/C9H13N3O2/c13-9-6-8(10-7-11-9)12-2-1-4-14-5-3-12/h6-7H,1-5H2,(H,10,11,13). The predicted octanol–water partition coefficient (Wildman–Crippen LogP) is -0.00340. The van der Waals surface area contributed by atoms with Crippen molar-refractivity contribution in [3.63, 3.8) is 0 Å². The maximum absolute atomic E-state index is 11.1. The van der Waals surface area contributed by atoms with Gasteiger partial charge in [-0.15, -0.1) is 0 Å². The molecule has 0 unspecified atom stereocenters. The highest BCUT2D eigenvalue weighted by Gasteiger charge is 2.10. The van der Waals surface area contributed by atoms with Gasteiger partial charge in [0, 0.05) is 25.8 Å². The molecule has 5 heteroatoms. The molecule has 0 atom stereocenters. The minimum absolute atomic E-state index is 0.111. The Bertz CT molecular complexity index is 342. The molecule has 76 valence electrons. The number of aromatic nitrogens is 2. The van der Waals surface area contributed by atoms with Gasteiger partial charge in [0.2, 0.25) is 0 Å². The van der Waals surface area contributed by atoms with E-state index in [4.69, 9.17) is 4.74 Å². The lowest BCUT2D eigenvalue weighted by molar-refractivity contribution is 0.152. The zero-order valence-electron chi connectivity index (χ0n) is 7.90. The fourth-order valence-corrected chi connectivity index (χ4v) is 1.51. The van der Waals surface area contributed by atoms with Crippen molar-refractivity contribution in [2.75, 3.05) is 31.2 Å². The second kappa shape index (κ2) is 4.23. The Morgan fingerprint density at radius 2 is 2.36 bits per heavy atom. The molecular formula is C9H13N3O2. The minimum atomic E-state index is -0.111. The normalized spacial score (nSPS) is 17.9. The van der Waals surface area contributed by atoms with Gasteiger partial charge in [0.1, 0.15) is 5.82 Å². The van der Waals surface area contributed by atoms with Gasteiger partial charge < -0.3 is 14.6 Å². The summed E-state index contributed by atoms with van der Waals surface area (Å²) >= 11 is 0. The van der Waals surface area contributed by atoms with Gasteiger partial charge in [-0.2, -0.15) is 0 Å². The van der Waals surface area contributed by atoms with Crippen molar-refractivity contribution >= 4 is 5.82 Å². The average Bonchev–Trinajstić information content (AvgIpc) is 2.45. The van der Waals surface area contributed by atoms with E-state index in [-0.39, 0.29) is 5.56 Å². The van der Waals surface area contributed by atoms with E-state index >= 15 is 0 Å². The van der Waals surface area contributed by atoms with Crippen LogP contribution in [0.1, 0.15) is 6.42 Å². The molecule has 2 rings (SSSR count). The number of ether oxygens (including phenoxy) is 1. The molecule has 0 aromatic carbocycles.